The van der Waals surface area contributed by atoms with Crippen molar-refractivity contribution in [1.82, 2.24) is 0 Å². The summed E-state index contributed by atoms with van der Waals surface area (Å²) in [6.45, 7) is 7.80. The van der Waals surface area contributed by atoms with Crippen LogP contribution in [0, 0.1) is 11.8 Å². The first-order valence-electron chi connectivity index (χ1n) is 5.44. The van der Waals surface area contributed by atoms with Crippen molar-refractivity contribution in [2.75, 3.05) is 6.54 Å². The third-order valence-corrected chi connectivity index (χ3v) is 2.79. The third kappa shape index (κ3) is 5.59. The van der Waals surface area contributed by atoms with Crippen molar-refractivity contribution in [2.24, 2.45) is 17.6 Å². The van der Waals surface area contributed by atoms with Crippen molar-refractivity contribution in [2.45, 2.75) is 52.9 Å². The molecule has 0 radical (unpaired) electrons. The van der Waals surface area contributed by atoms with Gasteiger partial charge in [-0.2, -0.15) is 0 Å². The molecule has 0 aromatic carbocycles. The molecule has 1 nitrogen and oxygen atoms in total. The highest BCUT2D eigenvalue weighted by Gasteiger charge is 2.08. The predicted octanol–water partition coefficient (Wildman–Crippen LogP) is 3.19. The smallest absolute Gasteiger partial charge is 0.00772 e. The Bertz CT molecular complexity index is 87.0. The Kier molecular flexibility index (Phi) is 7.58. The van der Waals surface area contributed by atoms with Crippen LogP contribution in [-0.2, 0) is 0 Å². The average molecular weight is 171 g/mol. The quantitative estimate of drug-likeness (QED) is 0.625. The molecular weight excluding hydrogens is 146 g/mol. The minimum Gasteiger partial charge on any atom is -0.330 e. The van der Waals surface area contributed by atoms with Crippen LogP contribution in [0.25, 0.3) is 0 Å². The molecule has 1 unspecified atom stereocenters. The van der Waals surface area contributed by atoms with Gasteiger partial charge >= 0.3 is 0 Å². The van der Waals surface area contributed by atoms with Crippen molar-refractivity contribution < 1.29 is 0 Å². The van der Waals surface area contributed by atoms with Gasteiger partial charge in [-0.3, -0.25) is 0 Å². The van der Waals surface area contributed by atoms with Crippen LogP contribution in [-0.4, -0.2) is 6.54 Å². The molecule has 12 heavy (non-hydrogen) atoms. The molecule has 0 saturated carbocycles. The molecule has 0 bridgehead atoms. The van der Waals surface area contributed by atoms with E-state index in [1.807, 2.05) is 0 Å². The highest BCUT2D eigenvalue weighted by Crippen LogP contribution is 2.21. The lowest BCUT2D eigenvalue weighted by molar-refractivity contribution is 0.352. The molecule has 0 aromatic rings. The van der Waals surface area contributed by atoms with Crippen LogP contribution in [0.3, 0.4) is 0 Å². The molecular formula is C11H25N. The summed E-state index contributed by atoms with van der Waals surface area (Å²) in [6.07, 6.45) is 6.58. The monoisotopic (exact) mass is 171 g/mol. The van der Waals surface area contributed by atoms with Crippen LogP contribution in [0.5, 0.6) is 0 Å². The molecule has 0 saturated heterocycles. The Morgan fingerprint density at radius 3 is 2.17 bits per heavy atom. The summed E-state index contributed by atoms with van der Waals surface area (Å²) in [5, 5.41) is 0. The van der Waals surface area contributed by atoms with E-state index in [0.717, 1.165) is 18.4 Å². The van der Waals surface area contributed by atoms with Gasteiger partial charge in [0, 0.05) is 0 Å². The molecule has 2 N–H and O–H groups in total. The van der Waals surface area contributed by atoms with Gasteiger partial charge in [0.1, 0.15) is 0 Å². The lowest BCUT2D eigenvalue weighted by Crippen LogP contribution is -2.07. The van der Waals surface area contributed by atoms with Crippen molar-refractivity contribution in [3.63, 3.8) is 0 Å². The number of nitrogens with two attached hydrogens (primary N) is 1. The molecule has 1 heteroatoms. The standard InChI is InChI=1S/C11H25N/c1-4-11(5-2)9-10(3)7-6-8-12/h10-11H,4-9,12H2,1-3H3. The third-order valence-electron chi connectivity index (χ3n) is 2.79. The lowest BCUT2D eigenvalue weighted by Gasteiger charge is -2.17. The van der Waals surface area contributed by atoms with Gasteiger partial charge in [-0.05, 0) is 37.6 Å². The van der Waals surface area contributed by atoms with E-state index in [1.54, 1.807) is 0 Å². The van der Waals surface area contributed by atoms with Crippen LogP contribution in [0.15, 0.2) is 0 Å². The maximum Gasteiger partial charge on any atom is -0.00772 e. The lowest BCUT2D eigenvalue weighted by atomic mass is 9.89. The molecule has 0 fully saturated rings. The van der Waals surface area contributed by atoms with E-state index in [0.29, 0.717) is 0 Å². The number of hydrogen-bond donors (Lipinski definition) is 1. The first-order chi connectivity index (χ1) is 5.74. The van der Waals surface area contributed by atoms with Gasteiger partial charge in [-0.25, -0.2) is 0 Å². The molecule has 0 rings (SSSR count). The predicted molar refractivity (Wildman–Crippen MR) is 56.1 cm³/mol. The molecule has 0 spiro atoms. The molecule has 74 valence electrons. The van der Waals surface area contributed by atoms with Crippen LogP contribution >= 0.6 is 0 Å². The van der Waals surface area contributed by atoms with Crippen molar-refractivity contribution in [3.05, 3.63) is 0 Å². The molecule has 0 aliphatic heterocycles. The first kappa shape index (κ1) is 12.0. The van der Waals surface area contributed by atoms with Crippen molar-refractivity contribution >= 4 is 0 Å². The summed E-state index contributed by atoms with van der Waals surface area (Å²) in [7, 11) is 0. The summed E-state index contributed by atoms with van der Waals surface area (Å²) in [6, 6.07) is 0. The largest absolute Gasteiger partial charge is 0.330 e. The summed E-state index contributed by atoms with van der Waals surface area (Å²) < 4.78 is 0. The Labute approximate surface area is 77.7 Å². The van der Waals surface area contributed by atoms with Gasteiger partial charge < -0.3 is 5.73 Å². The molecule has 1 atom stereocenters. The van der Waals surface area contributed by atoms with Gasteiger partial charge in [0.2, 0.25) is 0 Å². The van der Waals surface area contributed by atoms with Gasteiger partial charge in [0.05, 0.1) is 0 Å². The fraction of sp³-hybridized carbons (Fsp3) is 1.00. The van der Waals surface area contributed by atoms with Crippen LogP contribution in [0.4, 0.5) is 0 Å². The zero-order chi connectivity index (χ0) is 9.40. The zero-order valence-corrected chi connectivity index (χ0v) is 8.97. The highest BCUT2D eigenvalue weighted by molar-refractivity contribution is 4.61. The van der Waals surface area contributed by atoms with Crippen LogP contribution in [0.1, 0.15) is 52.9 Å². The van der Waals surface area contributed by atoms with E-state index in [-0.39, 0.29) is 0 Å². The van der Waals surface area contributed by atoms with E-state index >= 15 is 0 Å². The molecule has 0 aromatic heterocycles. The Balaban J connectivity index is 3.44. The second-order valence-electron chi connectivity index (χ2n) is 3.95. The molecule has 0 aliphatic carbocycles. The second kappa shape index (κ2) is 7.60. The van der Waals surface area contributed by atoms with Gasteiger partial charge in [-0.15, -0.1) is 0 Å². The van der Waals surface area contributed by atoms with Crippen molar-refractivity contribution in [3.8, 4) is 0 Å². The first-order valence-corrected chi connectivity index (χ1v) is 5.44. The van der Waals surface area contributed by atoms with Gasteiger partial charge in [0.15, 0.2) is 0 Å². The Morgan fingerprint density at radius 1 is 1.17 bits per heavy atom. The minimum atomic E-state index is 0.854. The maximum absolute atomic E-state index is 5.47. The minimum absolute atomic E-state index is 0.854. The topological polar surface area (TPSA) is 26.0 Å². The van der Waals surface area contributed by atoms with Crippen molar-refractivity contribution in [1.29, 1.82) is 0 Å². The summed E-state index contributed by atoms with van der Waals surface area (Å²) in [5.74, 6) is 1.82. The SMILES string of the molecule is CCC(CC)CC(C)CCCN. The fourth-order valence-corrected chi connectivity index (χ4v) is 1.78. The zero-order valence-electron chi connectivity index (χ0n) is 8.97. The Hall–Kier alpha value is -0.0400. The van der Waals surface area contributed by atoms with E-state index in [4.69, 9.17) is 5.73 Å². The van der Waals surface area contributed by atoms with E-state index in [9.17, 15) is 0 Å². The molecule has 0 amide bonds. The van der Waals surface area contributed by atoms with E-state index in [2.05, 4.69) is 20.8 Å². The van der Waals surface area contributed by atoms with Crippen LogP contribution in [0.2, 0.25) is 0 Å². The molecule has 0 heterocycles. The summed E-state index contributed by atoms with van der Waals surface area (Å²) >= 11 is 0. The number of rotatable bonds is 7. The highest BCUT2D eigenvalue weighted by atomic mass is 14.5. The maximum atomic E-state index is 5.47. The van der Waals surface area contributed by atoms with Gasteiger partial charge in [0.25, 0.3) is 0 Å². The molecule has 0 aliphatic rings. The normalized spacial score (nSPS) is 13.8. The average Bonchev–Trinajstić information content (AvgIpc) is 2.10. The Morgan fingerprint density at radius 2 is 1.75 bits per heavy atom. The second-order valence-corrected chi connectivity index (χ2v) is 3.95. The van der Waals surface area contributed by atoms with E-state index < -0.39 is 0 Å². The summed E-state index contributed by atoms with van der Waals surface area (Å²) in [5.41, 5.74) is 5.47. The van der Waals surface area contributed by atoms with Crippen LogP contribution < -0.4 is 5.73 Å². The van der Waals surface area contributed by atoms with Gasteiger partial charge in [-0.1, -0.05) is 33.6 Å². The summed E-state index contributed by atoms with van der Waals surface area (Å²) in [4.78, 5) is 0. The van der Waals surface area contributed by atoms with E-state index in [1.165, 1.54) is 32.1 Å². The fourth-order valence-electron chi connectivity index (χ4n) is 1.78. The number of hydrogen-bond acceptors (Lipinski definition) is 1.